The number of sulfonamides is 1. The molecule has 6 heteroatoms. The van der Waals surface area contributed by atoms with Crippen LogP contribution in [0.25, 0.3) is 0 Å². The van der Waals surface area contributed by atoms with Crippen molar-refractivity contribution in [1.29, 1.82) is 5.26 Å². The van der Waals surface area contributed by atoms with Gasteiger partial charge in [-0.15, -0.1) is 0 Å². The van der Waals surface area contributed by atoms with Crippen molar-refractivity contribution in [2.45, 2.75) is 31.1 Å². The summed E-state index contributed by atoms with van der Waals surface area (Å²) in [7, 11) is -3.33. The first-order valence-electron chi connectivity index (χ1n) is 6.79. The average molecular weight is 293 g/mol. The molecule has 1 aliphatic heterocycles. The van der Waals surface area contributed by atoms with Crippen molar-refractivity contribution in [2.75, 3.05) is 13.1 Å². The zero-order chi connectivity index (χ0) is 14.4. The fraction of sp³-hybridized carbons (Fsp3) is 0.500. The molecule has 1 saturated heterocycles. The number of nitrogens with one attached hydrogen (secondary N) is 2. The number of benzene rings is 1. The van der Waals surface area contributed by atoms with E-state index in [0.29, 0.717) is 17.7 Å². The van der Waals surface area contributed by atoms with Gasteiger partial charge in [0.1, 0.15) is 0 Å². The number of nitrogens with zero attached hydrogens (tertiary/aromatic N) is 1. The van der Waals surface area contributed by atoms with Crippen LogP contribution in [0.15, 0.2) is 24.3 Å². The molecule has 20 heavy (non-hydrogen) atoms. The Labute approximate surface area is 120 Å². The largest absolute Gasteiger partial charge is 0.313 e. The number of nitriles is 1. The summed E-state index contributed by atoms with van der Waals surface area (Å²) in [5.74, 6) is -0.0502. The second-order valence-electron chi connectivity index (χ2n) is 5.06. The van der Waals surface area contributed by atoms with E-state index in [9.17, 15) is 8.42 Å². The Hall–Kier alpha value is -1.42. The highest BCUT2D eigenvalue weighted by molar-refractivity contribution is 7.88. The highest BCUT2D eigenvalue weighted by Gasteiger charge is 2.17. The molecule has 0 bridgehead atoms. The van der Waals surface area contributed by atoms with Crippen molar-refractivity contribution in [1.82, 2.24) is 10.0 Å². The molecule has 1 heterocycles. The van der Waals surface area contributed by atoms with Crippen LogP contribution in [0, 0.1) is 11.3 Å². The summed E-state index contributed by atoms with van der Waals surface area (Å²) >= 11 is 0. The molecule has 1 aromatic rings. The number of hydrogen-bond donors (Lipinski definition) is 2. The minimum atomic E-state index is -3.33. The summed E-state index contributed by atoms with van der Waals surface area (Å²) in [5, 5.41) is 12.0. The van der Waals surface area contributed by atoms with Crippen molar-refractivity contribution in [3.8, 4) is 6.07 Å². The van der Waals surface area contributed by atoms with Crippen molar-refractivity contribution < 1.29 is 8.42 Å². The third-order valence-electron chi connectivity index (χ3n) is 3.40. The molecule has 0 spiro atoms. The zero-order valence-electron chi connectivity index (χ0n) is 11.3. The van der Waals surface area contributed by atoms with Gasteiger partial charge in [-0.1, -0.05) is 18.6 Å². The first kappa shape index (κ1) is 15.0. The molecule has 1 aromatic carbocycles. The van der Waals surface area contributed by atoms with E-state index in [-0.39, 0.29) is 11.8 Å². The molecule has 0 radical (unpaired) electrons. The summed E-state index contributed by atoms with van der Waals surface area (Å²) < 4.78 is 26.6. The van der Waals surface area contributed by atoms with Gasteiger partial charge in [0.25, 0.3) is 0 Å². The lowest BCUT2D eigenvalue weighted by atomic mass is 10.1. The quantitative estimate of drug-likeness (QED) is 0.852. The Bertz CT molecular complexity index is 569. The Morgan fingerprint density at radius 1 is 1.30 bits per heavy atom. The third kappa shape index (κ3) is 4.60. The Balaban J connectivity index is 1.87. The third-order valence-corrected chi connectivity index (χ3v) is 4.72. The lowest BCUT2D eigenvalue weighted by Crippen LogP contribution is -2.43. The van der Waals surface area contributed by atoms with Crippen LogP contribution in [0.4, 0.5) is 0 Å². The number of rotatable bonds is 5. The average Bonchev–Trinajstić information content (AvgIpc) is 2.47. The Morgan fingerprint density at radius 2 is 2.05 bits per heavy atom. The molecular formula is C14H19N3O2S. The first-order valence-corrected chi connectivity index (χ1v) is 8.44. The molecule has 2 rings (SSSR count). The molecule has 5 nitrogen and oxygen atoms in total. The minimum Gasteiger partial charge on any atom is -0.313 e. The standard InChI is InChI=1S/C14H19N3O2S/c15-9-12-4-6-13(7-5-12)11-20(18,19)17-10-14-3-1-2-8-16-14/h4-7,14,16-17H,1-3,8,10-11H2. The predicted octanol–water partition coefficient (Wildman–Crippen LogP) is 1.12. The SMILES string of the molecule is N#Cc1ccc(CS(=O)(=O)NCC2CCCCN2)cc1. The number of piperidine rings is 1. The van der Waals surface area contributed by atoms with E-state index in [1.54, 1.807) is 24.3 Å². The van der Waals surface area contributed by atoms with Gasteiger partial charge in [0, 0.05) is 12.6 Å². The van der Waals surface area contributed by atoms with Crippen molar-refractivity contribution in [3.05, 3.63) is 35.4 Å². The maximum atomic E-state index is 12.0. The minimum absolute atomic E-state index is 0.0502. The van der Waals surface area contributed by atoms with Crippen LogP contribution in [-0.4, -0.2) is 27.5 Å². The van der Waals surface area contributed by atoms with E-state index < -0.39 is 10.0 Å². The van der Waals surface area contributed by atoms with Crippen LogP contribution in [0.2, 0.25) is 0 Å². The van der Waals surface area contributed by atoms with E-state index in [1.807, 2.05) is 6.07 Å². The molecule has 0 aromatic heterocycles. The first-order chi connectivity index (χ1) is 9.59. The van der Waals surface area contributed by atoms with Crippen molar-refractivity contribution in [3.63, 3.8) is 0 Å². The summed E-state index contributed by atoms with van der Waals surface area (Å²) in [6, 6.07) is 8.87. The van der Waals surface area contributed by atoms with Gasteiger partial charge in [0.05, 0.1) is 17.4 Å². The van der Waals surface area contributed by atoms with E-state index in [2.05, 4.69) is 10.0 Å². The monoisotopic (exact) mass is 293 g/mol. The summed E-state index contributed by atoms with van der Waals surface area (Å²) in [6.45, 7) is 1.40. The summed E-state index contributed by atoms with van der Waals surface area (Å²) in [6.07, 6.45) is 3.32. The van der Waals surface area contributed by atoms with Gasteiger partial charge < -0.3 is 5.32 Å². The van der Waals surface area contributed by atoms with E-state index in [1.165, 1.54) is 0 Å². The molecule has 108 valence electrons. The van der Waals surface area contributed by atoms with Gasteiger partial charge in [-0.05, 0) is 37.1 Å². The second kappa shape index (κ2) is 6.84. The van der Waals surface area contributed by atoms with Gasteiger partial charge in [0.15, 0.2) is 0 Å². The normalized spacial score (nSPS) is 19.4. The van der Waals surface area contributed by atoms with Gasteiger partial charge in [-0.3, -0.25) is 0 Å². The lowest BCUT2D eigenvalue weighted by molar-refractivity contribution is 0.398. The molecule has 0 saturated carbocycles. The fourth-order valence-electron chi connectivity index (χ4n) is 2.27. The van der Waals surface area contributed by atoms with Crippen LogP contribution in [0.3, 0.4) is 0 Å². The molecule has 1 atom stereocenters. The van der Waals surface area contributed by atoms with E-state index >= 15 is 0 Å². The van der Waals surface area contributed by atoms with E-state index in [4.69, 9.17) is 5.26 Å². The maximum Gasteiger partial charge on any atom is 0.215 e. The molecule has 0 amide bonds. The summed E-state index contributed by atoms with van der Waals surface area (Å²) in [4.78, 5) is 0. The molecule has 2 N–H and O–H groups in total. The van der Waals surface area contributed by atoms with Crippen LogP contribution in [-0.2, 0) is 15.8 Å². The topological polar surface area (TPSA) is 82.0 Å². The van der Waals surface area contributed by atoms with Gasteiger partial charge >= 0.3 is 0 Å². The van der Waals surface area contributed by atoms with Crippen molar-refractivity contribution >= 4 is 10.0 Å². The maximum absolute atomic E-state index is 12.0. The Morgan fingerprint density at radius 3 is 2.65 bits per heavy atom. The molecule has 1 fully saturated rings. The Kier molecular flexibility index (Phi) is 5.12. The van der Waals surface area contributed by atoms with Crippen LogP contribution < -0.4 is 10.0 Å². The van der Waals surface area contributed by atoms with Crippen LogP contribution in [0.1, 0.15) is 30.4 Å². The molecule has 0 aliphatic carbocycles. The van der Waals surface area contributed by atoms with Gasteiger partial charge in [-0.2, -0.15) is 5.26 Å². The lowest BCUT2D eigenvalue weighted by Gasteiger charge is -2.23. The molecule has 1 unspecified atom stereocenters. The van der Waals surface area contributed by atoms with Crippen molar-refractivity contribution in [2.24, 2.45) is 0 Å². The predicted molar refractivity (Wildman–Crippen MR) is 77.4 cm³/mol. The second-order valence-corrected chi connectivity index (χ2v) is 6.87. The molecule has 1 aliphatic rings. The van der Waals surface area contributed by atoms with Crippen LogP contribution >= 0.6 is 0 Å². The van der Waals surface area contributed by atoms with Crippen LogP contribution in [0.5, 0.6) is 0 Å². The highest BCUT2D eigenvalue weighted by atomic mass is 32.2. The smallest absolute Gasteiger partial charge is 0.215 e. The zero-order valence-corrected chi connectivity index (χ0v) is 12.1. The fourth-order valence-corrected chi connectivity index (χ4v) is 3.46. The highest BCUT2D eigenvalue weighted by Crippen LogP contribution is 2.09. The van der Waals surface area contributed by atoms with E-state index in [0.717, 1.165) is 25.8 Å². The van der Waals surface area contributed by atoms with Gasteiger partial charge in [0.2, 0.25) is 10.0 Å². The number of hydrogen-bond acceptors (Lipinski definition) is 4. The molecular weight excluding hydrogens is 274 g/mol. The van der Waals surface area contributed by atoms with Gasteiger partial charge in [-0.25, -0.2) is 13.1 Å². The summed E-state index contributed by atoms with van der Waals surface area (Å²) in [5.41, 5.74) is 1.22.